The van der Waals surface area contributed by atoms with Gasteiger partial charge >= 0.3 is 0 Å². The molecule has 0 amide bonds. The molecule has 0 unspecified atom stereocenters. The summed E-state index contributed by atoms with van der Waals surface area (Å²) in [4.78, 5) is 4.36. The van der Waals surface area contributed by atoms with E-state index in [4.69, 9.17) is 11.6 Å². The summed E-state index contributed by atoms with van der Waals surface area (Å²) in [5.74, 6) is 0.311. The summed E-state index contributed by atoms with van der Waals surface area (Å²) in [5.41, 5.74) is 1.31. The van der Waals surface area contributed by atoms with Crippen LogP contribution in [0, 0.1) is 5.82 Å². The van der Waals surface area contributed by atoms with Crippen LogP contribution in [0.25, 0.3) is 10.9 Å². The van der Waals surface area contributed by atoms with Crippen LogP contribution in [-0.2, 0) is 5.41 Å². The molecule has 4 heteroatoms. The minimum atomic E-state index is -0.394. The average molecular weight is 267 g/mol. The largest absolute Gasteiger partial charge is 0.373 e. The van der Waals surface area contributed by atoms with Crippen molar-refractivity contribution < 1.29 is 4.39 Å². The van der Waals surface area contributed by atoms with E-state index in [0.29, 0.717) is 16.4 Å². The van der Waals surface area contributed by atoms with Gasteiger partial charge in [-0.3, -0.25) is 0 Å². The fraction of sp³-hybridized carbons (Fsp3) is 0.357. The van der Waals surface area contributed by atoms with Gasteiger partial charge in [-0.2, -0.15) is 0 Å². The van der Waals surface area contributed by atoms with E-state index in [1.807, 2.05) is 6.07 Å². The lowest BCUT2D eigenvalue weighted by atomic mass is 9.86. The summed E-state index contributed by atoms with van der Waals surface area (Å²) in [6, 6.07) is 4.97. The van der Waals surface area contributed by atoms with E-state index < -0.39 is 5.82 Å². The van der Waals surface area contributed by atoms with E-state index in [9.17, 15) is 4.39 Å². The van der Waals surface area contributed by atoms with Crippen molar-refractivity contribution >= 4 is 28.3 Å². The first kappa shape index (κ1) is 13.1. The second-order valence-corrected chi connectivity index (χ2v) is 5.78. The molecule has 0 bridgehead atoms. The van der Waals surface area contributed by atoms with E-state index in [1.165, 1.54) is 6.07 Å². The van der Waals surface area contributed by atoms with Gasteiger partial charge in [-0.25, -0.2) is 9.37 Å². The zero-order valence-electron chi connectivity index (χ0n) is 10.9. The molecule has 2 rings (SSSR count). The minimum absolute atomic E-state index is 0.0711. The van der Waals surface area contributed by atoms with Crippen molar-refractivity contribution in [3.05, 3.63) is 34.6 Å². The van der Waals surface area contributed by atoms with Crippen molar-refractivity contribution in [3.8, 4) is 0 Å². The van der Waals surface area contributed by atoms with Gasteiger partial charge < -0.3 is 5.32 Å². The average Bonchev–Trinajstić information content (AvgIpc) is 2.26. The van der Waals surface area contributed by atoms with Crippen molar-refractivity contribution in [2.75, 3.05) is 12.4 Å². The van der Waals surface area contributed by atoms with Gasteiger partial charge in [0.25, 0.3) is 0 Å². The van der Waals surface area contributed by atoms with E-state index >= 15 is 0 Å². The number of anilines is 1. The Morgan fingerprint density at radius 3 is 2.44 bits per heavy atom. The van der Waals surface area contributed by atoms with Gasteiger partial charge in [0.1, 0.15) is 11.3 Å². The van der Waals surface area contributed by atoms with Crippen LogP contribution in [0.3, 0.4) is 0 Å². The summed E-state index contributed by atoms with van der Waals surface area (Å²) >= 11 is 5.88. The first-order chi connectivity index (χ1) is 8.32. The van der Waals surface area contributed by atoms with Gasteiger partial charge in [-0.15, -0.1) is 0 Å². The van der Waals surface area contributed by atoms with Crippen molar-refractivity contribution in [2.24, 2.45) is 0 Å². The number of aromatic nitrogens is 1. The molecule has 0 aliphatic heterocycles. The van der Waals surface area contributed by atoms with Gasteiger partial charge in [0, 0.05) is 23.0 Å². The number of nitrogens with zero attached hydrogens (tertiary/aromatic N) is 1. The van der Waals surface area contributed by atoms with Crippen molar-refractivity contribution in [1.29, 1.82) is 0 Å². The maximum absolute atomic E-state index is 13.8. The van der Waals surface area contributed by atoms with Crippen LogP contribution in [-0.4, -0.2) is 12.0 Å². The quantitative estimate of drug-likeness (QED) is 0.829. The van der Waals surface area contributed by atoms with Crippen LogP contribution < -0.4 is 5.32 Å². The summed E-state index contributed by atoms with van der Waals surface area (Å²) in [6.45, 7) is 6.28. The molecule has 0 spiro atoms. The first-order valence-electron chi connectivity index (χ1n) is 5.81. The molecular weight excluding hydrogens is 251 g/mol. The van der Waals surface area contributed by atoms with Crippen LogP contribution in [0.4, 0.5) is 10.2 Å². The van der Waals surface area contributed by atoms with Gasteiger partial charge in [-0.05, 0) is 23.6 Å². The van der Waals surface area contributed by atoms with E-state index in [0.717, 1.165) is 10.9 Å². The second-order valence-electron chi connectivity index (χ2n) is 5.34. The predicted molar refractivity (Wildman–Crippen MR) is 75.0 cm³/mol. The SMILES string of the molecule is CNc1nc2c(F)cc(Cl)cc2cc1C(C)(C)C. The predicted octanol–water partition coefficient (Wildman–Crippen LogP) is 4.37. The highest BCUT2D eigenvalue weighted by Gasteiger charge is 2.20. The number of rotatable bonds is 1. The monoisotopic (exact) mass is 266 g/mol. The molecule has 18 heavy (non-hydrogen) atoms. The fourth-order valence-electron chi connectivity index (χ4n) is 1.97. The lowest BCUT2D eigenvalue weighted by molar-refractivity contribution is 0.590. The molecule has 0 fully saturated rings. The van der Waals surface area contributed by atoms with Crippen molar-refractivity contribution in [2.45, 2.75) is 26.2 Å². The van der Waals surface area contributed by atoms with Crippen LogP contribution in [0.5, 0.6) is 0 Å². The Morgan fingerprint density at radius 1 is 1.22 bits per heavy atom. The third-order valence-electron chi connectivity index (χ3n) is 2.88. The number of benzene rings is 1. The van der Waals surface area contributed by atoms with E-state index in [2.05, 4.69) is 31.1 Å². The Hall–Kier alpha value is -1.35. The Bertz CT molecular complexity index is 603. The maximum atomic E-state index is 13.8. The maximum Gasteiger partial charge on any atom is 0.150 e. The van der Waals surface area contributed by atoms with Gasteiger partial charge in [0.2, 0.25) is 0 Å². The molecule has 2 nitrogen and oxygen atoms in total. The Morgan fingerprint density at radius 2 is 1.89 bits per heavy atom. The number of hydrogen-bond donors (Lipinski definition) is 1. The van der Waals surface area contributed by atoms with Crippen LogP contribution >= 0.6 is 11.6 Å². The van der Waals surface area contributed by atoms with Crippen LogP contribution in [0.15, 0.2) is 18.2 Å². The highest BCUT2D eigenvalue weighted by Crippen LogP contribution is 2.32. The molecule has 1 heterocycles. The number of halogens is 2. The Balaban J connectivity index is 2.81. The lowest BCUT2D eigenvalue weighted by Crippen LogP contribution is -2.15. The van der Waals surface area contributed by atoms with E-state index in [1.54, 1.807) is 13.1 Å². The molecule has 2 aromatic rings. The Kier molecular flexibility index (Phi) is 3.20. The molecular formula is C14H16ClFN2. The van der Waals surface area contributed by atoms with E-state index in [-0.39, 0.29) is 5.41 Å². The number of fused-ring (bicyclic) bond motifs is 1. The fourth-order valence-corrected chi connectivity index (χ4v) is 2.19. The van der Waals surface area contributed by atoms with Gasteiger partial charge in [-0.1, -0.05) is 32.4 Å². The molecule has 0 aliphatic carbocycles. The molecule has 0 radical (unpaired) electrons. The molecule has 0 atom stereocenters. The molecule has 96 valence electrons. The normalized spacial score (nSPS) is 11.9. The summed E-state index contributed by atoms with van der Waals surface area (Å²) < 4.78 is 13.8. The lowest BCUT2D eigenvalue weighted by Gasteiger charge is -2.22. The zero-order valence-corrected chi connectivity index (χ0v) is 11.7. The number of nitrogens with one attached hydrogen (secondary N) is 1. The topological polar surface area (TPSA) is 24.9 Å². The molecule has 1 aromatic carbocycles. The molecule has 1 aromatic heterocycles. The van der Waals surface area contributed by atoms with Crippen LogP contribution in [0.2, 0.25) is 5.02 Å². The Labute approximate surface area is 111 Å². The summed E-state index contributed by atoms with van der Waals surface area (Å²) in [6.07, 6.45) is 0. The molecule has 0 aliphatic rings. The highest BCUT2D eigenvalue weighted by atomic mass is 35.5. The van der Waals surface area contributed by atoms with Gasteiger partial charge in [0.15, 0.2) is 5.82 Å². The first-order valence-corrected chi connectivity index (χ1v) is 6.19. The third-order valence-corrected chi connectivity index (χ3v) is 3.10. The number of pyridine rings is 1. The molecule has 0 saturated carbocycles. The minimum Gasteiger partial charge on any atom is -0.373 e. The highest BCUT2D eigenvalue weighted by molar-refractivity contribution is 6.31. The van der Waals surface area contributed by atoms with Gasteiger partial charge in [0.05, 0.1) is 0 Å². The molecule has 1 N–H and O–H groups in total. The zero-order chi connectivity index (χ0) is 13.5. The van der Waals surface area contributed by atoms with Crippen molar-refractivity contribution in [1.82, 2.24) is 4.98 Å². The summed E-state index contributed by atoms with van der Waals surface area (Å²) in [5, 5.41) is 4.14. The number of hydrogen-bond acceptors (Lipinski definition) is 2. The third kappa shape index (κ3) is 2.27. The smallest absolute Gasteiger partial charge is 0.150 e. The standard InChI is InChI=1S/C14H16ClFN2/c1-14(2,3)10-6-8-5-9(15)7-11(16)12(8)18-13(10)17-4/h5-7H,1-4H3,(H,17,18). The molecule has 0 saturated heterocycles. The van der Waals surface area contributed by atoms with Crippen LogP contribution in [0.1, 0.15) is 26.3 Å². The summed E-state index contributed by atoms with van der Waals surface area (Å²) in [7, 11) is 1.79. The van der Waals surface area contributed by atoms with Crippen molar-refractivity contribution in [3.63, 3.8) is 0 Å². The second kappa shape index (κ2) is 4.39.